The van der Waals surface area contributed by atoms with Crippen molar-refractivity contribution in [2.45, 2.75) is 13.8 Å². The molecule has 2 aromatic rings. The maximum absolute atomic E-state index is 12.5. The molecule has 3 heteroatoms. The van der Waals surface area contributed by atoms with E-state index in [0.29, 0.717) is 17.7 Å². The van der Waals surface area contributed by atoms with E-state index in [4.69, 9.17) is 4.74 Å². The molecule has 2 rings (SSSR count). The monoisotopic (exact) mass is 318 g/mol. The van der Waals surface area contributed by atoms with Crippen LogP contribution in [0.3, 0.4) is 0 Å². The fraction of sp³-hybridized carbons (Fsp3) is 0.188. The second-order valence-electron chi connectivity index (χ2n) is 4.27. The van der Waals surface area contributed by atoms with Gasteiger partial charge in [-0.15, -0.1) is 0 Å². The van der Waals surface area contributed by atoms with E-state index in [9.17, 15) is 4.79 Å². The van der Waals surface area contributed by atoms with Gasteiger partial charge in [0.05, 0.1) is 6.61 Å². The molecule has 0 saturated carbocycles. The Balaban J connectivity index is 2.38. The maximum Gasteiger partial charge on any atom is 0.194 e. The van der Waals surface area contributed by atoms with Crippen molar-refractivity contribution in [2.75, 3.05) is 6.61 Å². The third-order valence-corrected chi connectivity index (χ3v) is 3.47. The topological polar surface area (TPSA) is 26.3 Å². The Morgan fingerprint density at radius 2 is 2.00 bits per heavy atom. The third-order valence-electron chi connectivity index (χ3n) is 2.77. The van der Waals surface area contributed by atoms with Crippen molar-refractivity contribution in [1.29, 1.82) is 0 Å². The highest BCUT2D eigenvalue weighted by Crippen LogP contribution is 2.23. The molecule has 0 aliphatic carbocycles. The van der Waals surface area contributed by atoms with Crippen molar-refractivity contribution in [2.24, 2.45) is 0 Å². The number of carbonyl (C=O) groups excluding carboxylic acids is 1. The molecule has 0 aliphatic rings. The van der Waals surface area contributed by atoms with Gasteiger partial charge in [-0.1, -0.05) is 39.7 Å². The highest BCUT2D eigenvalue weighted by atomic mass is 79.9. The molecule has 0 atom stereocenters. The standard InChI is InChI=1S/C16H15BrO2/c1-3-19-13-6-4-5-12(10-13)16(18)14-9-11(2)7-8-15(14)17/h4-10H,3H2,1-2H3. The number of aryl methyl sites for hydroxylation is 1. The Labute approximate surface area is 121 Å². The Kier molecular flexibility index (Phi) is 4.38. The van der Waals surface area contributed by atoms with Crippen LogP contribution in [0.2, 0.25) is 0 Å². The van der Waals surface area contributed by atoms with E-state index in [2.05, 4.69) is 15.9 Å². The van der Waals surface area contributed by atoms with Crippen LogP contribution in [0.1, 0.15) is 28.4 Å². The predicted octanol–water partition coefficient (Wildman–Crippen LogP) is 4.39. The number of carbonyl (C=O) groups is 1. The van der Waals surface area contributed by atoms with Crippen LogP contribution in [0.25, 0.3) is 0 Å². The van der Waals surface area contributed by atoms with E-state index in [1.54, 1.807) is 12.1 Å². The van der Waals surface area contributed by atoms with Gasteiger partial charge in [-0.25, -0.2) is 0 Å². The molecule has 2 aromatic carbocycles. The summed E-state index contributed by atoms with van der Waals surface area (Å²) in [5.41, 5.74) is 2.37. The molecule has 0 amide bonds. The van der Waals surface area contributed by atoms with E-state index < -0.39 is 0 Å². The van der Waals surface area contributed by atoms with Crippen LogP contribution in [-0.2, 0) is 0 Å². The lowest BCUT2D eigenvalue weighted by Gasteiger charge is -2.07. The van der Waals surface area contributed by atoms with Crippen LogP contribution >= 0.6 is 15.9 Å². The Bertz CT molecular complexity index is 605. The summed E-state index contributed by atoms with van der Waals surface area (Å²) in [6.07, 6.45) is 0. The number of benzene rings is 2. The van der Waals surface area contributed by atoms with Crippen LogP contribution in [0.4, 0.5) is 0 Å². The minimum absolute atomic E-state index is 0.00266. The highest BCUT2D eigenvalue weighted by Gasteiger charge is 2.13. The van der Waals surface area contributed by atoms with Gasteiger partial charge in [0, 0.05) is 15.6 Å². The number of hydrogen-bond donors (Lipinski definition) is 0. The zero-order valence-electron chi connectivity index (χ0n) is 10.9. The average Bonchev–Trinajstić information content (AvgIpc) is 2.41. The van der Waals surface area contributed by atoms with E-state index in [0.717, 1.165) is 15.8 Å². The molecule has 0 unspecified atom stereocenters. The Morgan fingerprint density at radius 3 is 2.74 bits per heavy atom. The molecular weight excluding hydrogens is 304 g/mol. The fourth-order valence-corrected chi connectivity index (χ4v) is 2.29. The predicted molar refractivity (Wildman–Crippen MR) is 79.9 cm³/mol. The number of ether oxygens (including phenoxy) is 1. The number of halogens is 1. The first-order valence-corrected chi connectivity index (χ1v) is 6.95. The zero-order valence-corrected chi connectivity index (χ0v) is 12.5. The van der Waals surface area contributed by atoms with Crippen molar-refractivity contribution < 1.29 is 9.53 Å². The average molecular weight is 319 g/mol. The molecule has 0 bridgehead atoms. The molecule has 0 fully saturated rings. The van der Waals surface area contributed by atoms with Crippen molar-refractivity contribution in [3.05, 3.63) is 63.6 Å². The van der Waals surface area contributed by atoms with Gasteiger partial charge in [-0.2, -0.15) is 0 Å². The second-order valence-corrected chi connectivity index (χ2v) is 5.13. The summed E-state index contributed by atoms with van der Waals surface area (Å²) >= 11 is 3.43. The van der Waals surface area contributed by atoms with Crippen molar-refractivity contribution >= 4 is 21.7 Å². The van der Waals surface area contributed by atoms with Crippen LogP contribution in [-0.4, -0.2) is 12.4 Å². The smallest absolute Gasteiger partial charge is 0.194 e. The van der Waals surface area contributed by atoms with Crippen molar-refractivity contribution in [3.63, 3.8) is 0 Å². The van der Waals surface area contributed by atoms with Crippen LogP contribution in [0.5, 0.6) is 5.75 Å². The summed E-state index contributed by atoms with van der Waals surface area (Å²) in [6.45, 7) is 4.48. The van der Waals surface area contributed by atoms with Gasteiger partial charge in [-0.05, 0) is 38.1 Å². The summed E-state index contributed by atoms with van der Waals surface area (Å²) in [7, 11) is 0. The molecule has 0 N–H and O–H groups in total. The summed E-state index contributed by atoms with van der Waals surface area (Å²) in [4.78, 5) is 12.5. The van der Waals surface area contributed by atoms with Crippen LogP contribution < -0.4 is 4.74 Å². The van der Waals surface area contributed by atoms with E-state index in [1.165, 1.54) is 0 Å². The zero-order chi connectivity index (χ0) is 13.8. The van der Waals surface area contributed by atoms with Gasteiger partial charge in [0.15, 0.2) is 5.78 Å². The third kappa shape index (κ3) is 3.24. The first-order valence-electron chi connectivity index (χ1n) is 6.15. The van der Waals surface area contributed by atoms with Gasteiger partial charge in [0.2, 0.25) is 0 Å². The van der Waals surface area contributed by atoms with Gasteiger partial charge in [-0.3, -0.25) is 4.79 Å². The van der Waals surface area contributed by atoms with E-state index in [-0.39, 0.29) is 5.78 Å². The van der Waals surface area contributed by atoms with E-state index >= 15 is 0 Å². The van der Waals surface area contributed by atoms with Gasteiger partial charge >= 0.3 is 0 Å². The second kappa shape index (κ2) is 6.02. The summed E-state index contributed by atoms with van der Waals surface area (Å²) < 4.78 is 6.23. The molecule has 0 aromatic heterocycles. The number of rotatable bonds is 4. The molecule has 98 valence electrons. The lowest BCUT2D eigenvalue weighted by atomic mass is 10.0. The van der Waals surface area contributed by atoms with Crippen LogP contribution in [0.15, 0.2) is 46.9 Å². The minimum Gasteiger partial charge on any atom is -0.494 e. The van der Waals surface area contributed by atoms with Crippen LogP contribution in [0, 0.1) is 6.92 Å². The molecule has 0 saturated heterocycles. The number of hydrogen-bond acceptors (Lipinski definition) is 2. The SMILES string of the molecule is CCOc1cccc(C(=O)c2cc(C)ccc2Br)c1. The first kappa shape index (κ1) is 13.8. The molecule has 0 heterocycles. The largest absolute Gasteiger partial charge is 0.494 e. The Hall–Kier alpha value is -1.61. The molecule has 19 heavy (non-hydrogen) atoms. The lowest BCUT2D eigenvalue weighted by molar-refractivity contribution is 0.103. The molecule has 0 spiro atoms. The van der Waals surface area contributed by atoms with Gasteiger partial charge in [0.1, 0.15) is 5.75 Å². The minimum atomic E-state index is -0.00266. The first-order chi connectivity index (χ1) is 9.11. The highest BCUT2D eigenvalue weighted by molar-refractivity contribution is 9.10. The molecular formula is C16H15BrO2. The van der Waals surface area contributed by atoms with E-state index in [1.807, 2.05) is 44.2 Å². The fourth-order valence-electron chi connectivity index (χ4n) is 1.86. The Morgan fingerprint density at radius 1 is 1.21 bits per heavy atom. The van der Waals surface area contributed by atoms with Crippen molar-refractivity contribution in [3.8, 4) is 5.75 Å². The van der Waals surface area contributed by atoms with Gasteiger partial charge < -0.3 is 4.74 Å². The normalized spacial score (nSPS) is 10.3. The molecule has 0 radical (unpaired) electrons. The molecule has 0 aliphatic heterocycles. The summed E-state index contributed by atoms with van der Waals surface area (Å²) in [5.74, 6) is 0.717. The lowest BCUT2D eigenvalue weighted by Crippen LogP contribution is -2.03. The van der Waals surface area contributed by atoms with Crippen molar-refractivity contribution in [1.82, 2.24) is 0 Å². The molecule has 2 nitrogen and oxygen atoms in total. The van der Waals surface area contributed by atoms with Gasteiger partial charge in [0.25, 0.3) is 0 Å². The summed E-state index contributed by atoms with van der Waals surface area (Å²) in [5, 5.41) is 0. The number of ketones is 1. The quantitative estimate of drug-likeness (QED) is 0.782. The summed E-state index contributed by atoms with van der Waals surface area (Å²) in [6, 6.07) is 13.0. The maximum atomic E-state index is 12.5.